The molecule has 0 spiro atoms. The first-order chi connectivity index (χ1) is 8.22. The van der Waals surface area contributed by atoms with E-state index in [-0.39, 0.29) is 18.5 Å². The largest absolute Gasteiger partial charge is 1.00 e. The Morgan fingerprint density at radius 1 is 1.06 bits per heavy atom. The van der Waals surface area contributed by atoms with Gasteiger partial charge in [-0.2, -0.15) is 0 Å². The zero-order valence-electron chi connectivity index (χ0n) is 11.2. The fraction of sp³-hybridized carbons (Fsp3) is 0.571. The highest BCUT2D eigenvalue weighted by Crippen LogP contribution is 2.04. The normalized spacial score (nSPS) is 11.9. The van der Waals surface area contributed by atoms with E-state index in [1.54, 1.807) is 6.92 Å². The monoisotopic (exact) mass is 271 g/mol. The molecule has 0 bridgehead atoms. The SMILES string of the molecule is CCc1ccc(CNCCNCC(C)O)cc1.[Cl-]. The molecule has 0 fully saturated rings. The van der Waals surface area contributed by atoms with Crippen molar-refractivity contribution in [3.05, 3.63) is 35.4 Å². The topological polar surface area (TPSA) is 44.3 Å². The minimum atomic E-state index is -0.267. The molecule has 1 atom stereocenters. The second kappa shape index (κ2) is 10.3. The van der Waals surface area contributed by atoms with Crippen LogP contribution in [-0.2, 0) is 13.0 Å². The Balaban J connectivity index is 0.00000289. The van der Waals surface area contributed by atoms with Crippen LogP contribution in [0.3, 0.4) is 0 Å². The Kier molecular flexibility index (Phi) is 9.98. The first-order valence-electron chi connectivity index (χ1n) is 6.39. The third-order valence-electron chi connectivity index (χ3n) is 2.68. The molecule has 18 heavy (non-hydrogen) atoms. The highest BCUT2D eigenvalue weighted by atomic mass is 35.5. The number of hydrogen-bond donors (Lipinski definition) is 3. The Hall–Kier alpha value is -0.610. The van der Waals surface area contributed by atoms with Crippen LogP contribution < -0.4 is 23.0 Å². The van der Waals surface area contributed by atoms with Gasteiger partial charge < -0.3 is 28.1 Å². The maximum absolute atomic E-state index is 9.05. The van der Waals surface area contributed by atoms with E-state index in [9.17, 15) is 0 Å². The Morgan fingerprint density at radius 2 is 1.61 bits per heavy atom. The predicted molar refractivity (Wildman–Crippen MR) is 72.1 cm³/mol. The Labute approximate surface area is 116 Å². The van der Waals surface area contributed by atoms with E-state index in [4.69, 9.17) is 5.11 Å². The zero-order chi connectivity index (χ0) is 12.5. The molecule has 4 heteroatoms. The lowest BCUT2D eigenvalue weighted by Gasteiger charge is -2.08. The van der Waals surface area contributed by atoms with Gasteiger partial charge in [0.25, 0.3) is 0 Å². The van der Waals surface area contributed by atoms with E-state index >= 15 is 0 Å². The van der Waals surface area contributed by atoms with Gasteiger partial charge in [0.2, 0.25) is 0 Å². The second-order valence-corrected chi connectivity index (χ2v) is 4.40. The van der Waals surface area contributed by atoms with Gasteiger partial charge >= 0.3 is 0 Å². The smallest absolute Gasteiger partial charge is 0.0636 e. The summed E-state index contributed by atoms with van der Waals surface area (Å²) in [6, 6.07) is 8.72. The molecule has 1 rings (SSSR count). The van der Waals surface area contributed by atoms with Gasteiger partial charge in [0.1, 0.15) is 0 Å². The average molecular weight is 272 g/mol. The third kappa shape index (κ3) is 7.67. The average Bonchev–Trinajstić information content (AvgIpc) is 2.34. The molecule has 0 aliphatic heterocycles. The van der Waals surface area contributed by atoms with Crippen molar-refractivity contribution in [2.75, 3.05) is 19.6 Å². The lowest BCUT2D eigenvalue weighted by Crippen LogP contribution is -3.00. The summed E-state index contributed by atoms with van der Waals surface area (Å²) in [7, 11) is 0. The number of benzene rings is 1. The van der Waals surface area contributed by atoms with E-state index in [1.165, 1.54) is 11.1 Å². The molecule has 1 aromatic rings. The lowest BCUT2D eigenvalue weighted by molar-refractivity contribution is -0.00000584. The van der Waals surface area contributed by atoms with Crippen LogP contribution in [-0.4, -0.2) is 30.8 Å². The molecular formula is C14H24ClN2O-. The number of hydrogen-bond acceptors (Lipinski definition) is 3. The van der Waals surface area contributed by atoms with Crippen LogP contribution in [0.2, 0.25) is 0 Å². The minimum absolute atomic E-state index is 0. The molecule has 3 nitrogen and oxygen atoms in total. The summed E-state index contributed by atoms with van der Waals surface area (Å²) in [6.45, 7) is 7.32. The van der Waals surface area contributed by atoms with Crippen molar-refractivity contribution in [2.45, 2.75) is 32.9 Å². The Bertz CT molecular complexity index is 301. The summed E-state index contributed by atoms with van der Waals surface area (Å²) >= 11 is 0. The van der Waals surface area contributed by atoms with E-state index in [0.717, 1.165) is 26.1 Å². The van der Waals surface area contributed by atoms with Gasteiger partial charge in [0.15, 0.2) is 0 Å². The summed E-state index contributed by atoms with van der Waals surface area (Å²) in [5.41, 5.74) is 2.70. The molecule has 104 valence electrons. The van der Waals surface area contributed by atoms with Gasteiger partial charge in [-0.25, -0.2) is 0 Å². The molecule has 3 N–H and O–H groups in total. The number of aliphatic hydroxyl groups is 1. The first-order valence-corrected chi connectivity index (χ1v) is 6.39. The molecule has 0 aliphatic rings. The van der Waals surface area contributed by atoms with E-state index in [2.05, 4.69) is 41.8 Å². The van der Waals surface area contributed by atoms with Crippen molar-refractivity contribution in [3.63, 3.8) is 0 Å². The van der Waals surface area contributed by atoms with Crippen LogP contribution in [0.4, 0.5) is 0 Å². The van der Waals surface area contributed by atoms with Crippen LogP contribution in [0, 0.1) is 0 Å². The van der Waals surface area contributed by atoms with Gasteiger partial charge in [0, 0.05) is 26.2 Å². The van der Waals surface area contributed by atoms with Gasteiger partial charge in [0.05, 0.1) is 6.10 Å². The molecule has 0 amide bonds. The van der Waals surface area contributed by atoms with Crippen molar-refractivity contribution in [3.8, 4) is 0 Å². The zero-order valence-corrected chi connectivity index (χ0v) is 12.0. The molecule has 1 unspecified atom stereocenters. The highest BCUT2D eigenvalue weighted by molar-refractivity contribution is 5.22. The molecule has 0 aromatic heterocycles. The summed E-state index contributed by atoms with van der Waals surface area (Å²) < 4.78 is 0. The van der Waals surface area contributed by atoms with Crippen LogP contribution in [0.15, 0.2) is 24.3 Å². The lowest BCUT2D eigenvalue weighted by atomic mass is 10.1. The van der Waals surface area contributed by atoms with Crippen LogP contribution >= 0.6 is 0 Å². The van der Waals surface area contributed by atoms with Gasteiger partial charge in [-0.3, -0.25) is 0 Å². The molecule has 0 saturated carbocycles. The first kappa shape index (κ1) is 17.4. The third-order valence-corrected chi connectivity index (χ3v) is 2.68. The fourth-order valence-electron chi connectivity index (χ4n) is 1.61. The summed E-state index contributed by atoms with van der Waals surface area (Å²) in [4.78, 5) is 0. The molecule has 0 saturated heterocycles. The maximum atomic E-state index is 9.05. The molecule has 0 heterocycles. The van der Waals surface area contributed by atoms with Gasteiger partial charge in [-0.15, -0.1) is 0 Å². The second-order valence-electron chi connectivity index (χ2n) is 4.40. The quantitative estimate of drug-likeness (QED) is 0.495. The Morgan fingerprint density at radius 3 is 2.17 bits per heavy atom. The van der Waals surface area contributed by atoms with E-state index < -0.39 is 0 Å². The van der Waals surface area contributed by atoms with Crippen LogP contribution in [0.25, 0.3) is 0 Å². The van der Waals surface area contributed by atoms with Gasteiger partial charge in [-0.1, -0.05) is 31.2 Å². The number of rotatable bonds is 8. The molecule has 0 aliphatic carbocycles. The summed E-state index contributed by atoms with van der Waals surface area (Å²) in [6.07, 6.45) is 0.827. The minimum Gasteiger partial charge on any atom is -1.00 e. The number of nitrogens with one attached hydrogen (secondary N) is 2. The maximum Gasteiger partial charge on any atom is 0.0636 e. The van der Waals surface area contributed by atoms with E-state index in [1.807, 2.05) is 0 Å². The van der Waals surface area contributed by atoms with Crippen molar-refractivity contribution >= 4 is 0 Å². The number of halogens is 1. The predicted octanol–water partition coefficient (Wildman–Crippen LogP) is -1.69. The molecule has 1 aromatic carbocycles. The van der Waals surface area contributed by atoms with Crippen molar-refractivity contribution in [1.82, 2.24) is 10.6 Å². The number of aryl methyl sites for hydroxylation is 1. The van der Waals surface area contributed by atoms with Crippen LogP contribution in [0.5, 0.6) is 0 Å². The standard InChI is InChI=1S/C14H24N2O.ClH/c1-3-13-4-6-14(7-5-13)11-16-9-8-15-10-12(2)17;/h4-7,12,15-17H,3,8-11H2,1-2H3;1H/p-1. The highest BCUT2D eigenvalue weighted by Gasteiger charge is 1.95. The number of aliphatic hydroxyl groups excluding tert-OH is 1. The molecular weight excluding hydrogens is 248 g/mol. The van der Waals surface area contributed by atoms with Crippen molar-refractivity contribution in [1.29, 1.82) is 0 Å². The van der Waals surface area contributed by atoms with Crippen molar-refractivity contribution in [2.24, 2.45) is 0 Å². The molecule has 0 radical (unpaired) electrons. The van der Waals surface area contributed by atoms with Gasteiger partial charge in [-0.05, 0) is 24.5 Å². The fourth-order valence-corrected chi connectivity index (χ4v) is 1.61. The summed E-state index contributed by atoms with van der Waals surface area (Å²) in [5.74, 6) is 0. The summed E-state index contributed by atoms with van der Waals surface area (Å²) in [5, 5.41) is 15.6. The van der Waals surface area contributed by atoms with E-state index in [0.29, 0.717) is 6.54 Å². The van der Waals surface area contributed by atoms with Crippen LogP contribution in [0.1, 0.15) is 25.0 Å². The van der Waals surface area contributed by atoms with Crippen molar-refractivity contribution < 1.29 is 17.5 Å².